The van der Waals surface area contributed by atoms with Crippen molar-refractivity contribution in [3.05, 3.63) is 0 Å². The van der Waals surface area contributed by atoms with Crippen molar-refractivity contribution < 1.29 is 27.6 Å². The lowest BCUT2D eigenvalue weighted by atomic mass is 10.3. The Morgan fingerprint density at radius 1 is 1.55 bits per heavy atom. The first-order valence-corrected chi connectivity index (χ1v) is 4.33. The fourth-order valence-corrected chi connectivity index (χ4v) is 0.991. The number of rotatable bonds is 3. The van der Waals surface area contributed by atoms with Crippen molar-refractivity contribution in [3.8, 4) is 0 Å². The molecule has 0 heterocycles. The van der Waals surface area contributed by atoms with Crippen LogP contribution in [0.2, 0.25) is 0 Å². The van der Waals surface area contributed by atoms with Gasteiger partial charge in [0.25, 0.3) is 15.9 Å². The van der Waals surface area contributed by atoms with Gasteiger partial charge >= 0.3 is 5.97 Å². The number of aliphatic carboxylic acids is 1. The van der Waals surface area contributed by atoms with Crippen LogP contribution in [-0.2, 0) is 19.1 Å². The summed E-state index contributed by atoms with van der Waals surface area (Å²) in [4.78, 5) is 10.1. The molecule has 0 radical (unpaired) electrons. The van der Waals surface area contributed by atoms with Crippen LogP contribution in [0.1, 0.15) is 6.92 Å². The molecule has 0 aliphatic rings. The minimum atomic E-state index is -3.96. The number of aliphatic hydroxyl groups is 1. The lowest BCUT2D eigenvalue weighted by molar-refractivity contribution is -0.187. The molecule has 0 aromatic heterocycles. The third kappa shape index (κ3) is 3.91. The van der Waals surface area contributed by atoms with Gasteiger partial charge in [0, 0.05) is 6.92 Å². The number of carboxylic acids is 1. The molecule has 1 atom stereocenters. The molecule has 0 aromatic carbocycles. The lowest BCUT2D eigenvalue weighted by Gasteiger charge is -2.15. The molecule has 0 fully saturated rings. The topological polar surface area (TPSA) is 101 Å². The Morgan fingerprint density at radius 3 is 2.00 bits per heavy atom. The largest absolute Gasteiger partial charge is 0.477 e. The Bertz CT molecular complexity index is 250. The maximum Gasteiger partial charge on any atom is 0.365 e. The van der Waals surface area contributed by atoms with Gasteiger partial charge in [-0.1, -0.05) is 0 Å². The minimum absolute atomic E-state index is 0.643. The van der Waals surface area contributed by atoms with Gasteiger partial charge in [0.1, 0.15) is 0 Å². The molecule has 7 heteroatoms. The quantitative estimate of drug-likeness (QED) is 0.420. The second kappa shape index (κ2) is 2.76. The van der Waals surface area contributed by atoms with E-state index in [1.54, 1.807) is 0 Å². The second-order valence-corrected chi connectivity index (χ2v) is 3.65. The van der Waals surface area contributed by atoms with Gasteiger partial charge in [-0.15, -0.1) is 0 Å². The maximum atomic E-state index is 10.3. The summed E-state index contributed by atoms with van der Waals surface area (Å²) in [6, 6.07) is 0. The molecule has 0 spiro atoms. The van der Waals surface area contributed by atoms with Crippen LogP contribution in [0, 0.1) is 0 Å². The predicted molar refractivity (Wildman–Crippen MR) is 34.2 cm³/mol. The zero-order valence-corrected chi connectivity index (χ0v) is 6.75. The SMILES string of the molecule is CC(O)(OS(C)(=O)=O)C(=O)O. The summed E-state index contributed by atoms with van der Waals surface area (Å²) < 4.78 is 24.4. The van der Waals surface area contributed by atoms with Crippen LogP contribution in [0.4, 0.5) is 0 Å². The fourth-order valence-electron chi connectivity index (χ4n) is 0.330. The predicted octanol–water partition coefficient (Wildman–Crippen LogP) is -1.24. The summed E-state index contributed by atoms with van der Waals surface area (Å²) in [6.07, 6.45) is 0.643. The Morgan fingerprint density at radius 2 is 1.91 bits per heavy atom. The molecule has 0 aliphatic carbocycles. The molecule has 6 nitrogen and oxygen atoms in total. The van der Waals surface area contributed by atoms with Gasteiger partial charge < -0.3 is 10.2 Å². The summed E-state index contributed by atoms with van der Waals surface area (Å²) in [5.74, 6) is -4.45. The standard InChI is InChI=1S/C4H8O6S/c1-4(7,3(5)6)10-11(2,8)9/h7H,1-2H3,(H,5,6). The van der Waals surface area contributed by atoms with Gasteiger partial charge in [-0.05, 0) is 0 Å². The van der Waals surface area contributed by atoms with Crippen molar-refractivity contribution in [3.63, 3.8) is 0 Å². The third-order valence-corrected chi connectivity index (χ3v) is 1.34. The Labute approximate surface area is 63.5 Å². The molecular weight excluding hydrogens is 176 g/mol. The van der Waals surface area contributed by atoms with Crippen LogP contribution in [0.25, 0.3) is 0 Å². The molecule has 1 unspecified atom stereocenters. The number of hydrogen-bond acceptors (Lipinski definition) is 5. The summed E-state index contributed by atoms with van der Waals surface area (Å²) in [6.45, 7) is 0.719. The van der Waals surface area contributed by atoms with E-state index < -0.39 is 21.9 Å². The zero-order chi connectivity index (χ0) is 9.28. The second-order valence-electron chi connectivity index (χ2n) is 2.08. The molecule has 0 saturated carbocycles. The summed E-state index contributed by atoms with van der Waals surface area (Å²) in [5, 5.41) is 16.9. The monoisotopic (exact) mass is 184 g/mol. The van der Waals surface area contributed by atoms with Crippen LogP contribution in [0.3, 0.4) is 0 Å². The molecule has 0 saturated heterocycles. The van der Waals surface area contributed by atoms with Gasteiger partial charge in [0.15, 0.2) is 0 Å². The van der Waals surface area contributed by atoms with Gasteiger partial charge in [-0.2, -0.15) is 8.42 Å². The van der Waals surface area contributed by atoms with Crippen LogP contribution < -0.4 is 0 Å². The summed E-state index contributed by atoms with van der Waals surface area (Å²) in [5.41, 5.74) is 0. The molecule has 0 rings (SSSR count). The minimum Gasteiger partial charge on any atom is -0.477 e. The van der Waals surface area contributed by atoms with Gasteiger partial charge in [0.2, 0.25) is 0 Å². The molecule has 0 aliphatic heterocycles. The van der Waals surface area contributed by atoms with Crippen molar-refractivity contribution in [2.45, 2.75) is 12.7 Å². The Kier molecular flexibility index (Phi) is 2.60. The highest BCUT2D eigenvalue weighted by molar-refractivity contribution is 7.86. The van der Waals surface area contributed by atoms with E-state index in [2.05, 4.69) is 4.18 Å². The van der Waals surface area contributed by atoms with E-state index in [4.69, 9.17) is 10.2 Å². The highest BCUT2D eigenvalue weighted by atomic mass is 32.2. The van der Waals surface area contributed by atoms with E-state index in [9.17, 15) is 13.2 Å². The smallest absolute Gasteiger partial charge is 0.365 e. The molecule has 11 heavy (non-hydrogen) atoms. The van der Waals surface area contributed by atoms with Crippen molar-refractivity contribution in [2.75, 3.05) is 6.26 Å². The fraction of sp³-hybridized carbons (Fsp3) is 0.750. The highest BCUT2D eigenvalue weighted by Crippen LogP contribution is 2.08. The van der Waals surface area contributed by atoms with Crippen molar-refractivity contribution in [1.82, 2.24) is 0 Å². The Balaban J connectivity index is 4.51. The molecule has 0 bridgehead atoms. The van der Waals surface area contributed by atoms with E-state index in [1.807, 2.05) is 0 Å². The van der Waals surface area contributed by atoms with E-state index in [0.29, 0.717) is 6.26 Å². The van der Waals surface area contributed by atoms with Crippen LogP contribution in [-0.4, -0.2) is 36.6 Å². The molecular formula is C4H8O6S. The third-order valence-electron chi connectivity index (χ3n) is 0.710. The lowest BCUT2D eigenvalue weighted by Crippen LogP contribution is -2.39. The van der Waals surface area contributed by atoms with Crippen molar-refractivity contribution >= 4 is 16.1 Å². The van der Waals surface area contributed by atoms with Crippen LogP contribution in [0.15, 0.2) is 0 Å². The van der Waals surface area contributed by atoms with Crippen LogP contribution >= 0.6 is 0 Å². The van der Waals surface area contributed by atoms with E-state index in [0.717, 1.165) is 6.92 Å². The maximum absolute atomic E-state index is 10.3. The highest BCUT2D eigenvalue weighted by Gasteiger charge is 2.35. The molecule has 66 valence electrons. The average molecular weight is 184 g/mol. The number of carbonyl (C=O) groups is 1. The van der Waals surface area contributed by atoms with Gasteiger partial charge in [-0.25, -0.2) is 8.98 Å². The normalized spacial score (nSPS) is 17.4. The zero-order valence-electron chi connectivity index (χ0n) is 5.94. The van der Waals surface area contributed by atoms with Gasteiger partial charge in [-0.3, -0.25) is 0 Å². The van der Waals surface area contributed by atoms with Crippen LogP contribution in [0.5, 0.6) is 0 Å². The summed E-state index contributed by atoms with van der Waals surface area (Å²) in [7, 11) is -3.96. The first kappa shape index (κ1) is 10.3. The average Bonchev–Trinajstić information content (AvgIpc) is 1.56. The van der Waals surface area contributed by atoms with E-state index in [1.165, 1.54) is 0 Å². The Hall–Kier alpha value is -0.660. The molecule has 0 amide bonds. The van der Waals surface area contributed by atoms with Crippen molar-refractivity contribution in [1.29, 1.82) is 0 Å². The van der Waals surface area contributed by atoms with Gasteiger partial charge in [0.05, 0.1) is 6.26 Å². The first-order valence-electron chi connectivity index (χ1n) is 2.51. The van der Waals surface area contributed by atoms with Crippen molar-refractivity contribution in [2.24, 2.45) is 0 Å². The first-order chi connectivity index (χ1) is 4.65. The summed E-state index contributed by atoms with van der Waals surface area (Å²) >= 11 is 0. The van der Waals surface area contributed by atoms with E-state index in [-0.39, 0.29) is 0 Å². The number of hydrogen-bond donors (Lipinski definition) is 2. The number of carboxylic acid groups (broad SMARTS) is 1. The van der Waals surface area contributed by atoms with E-state index >= 15 is 0 Å². The molecule has 0 aromatic rings. The molecule has 2 N–H and O–H groups in total.